The Kier molecular flexibility index (Phi) is 6.47. The summed E-state index contributed by atoms with van der Waals surface area (Å²) in [6.45, 7) is 2.12. The number of nitrogens with one attached hydrogen (secondary N) is 1. The number of anilines is 1. The summed E-state index contributed by atoms with van der Waals surface area (Å²) in [5.41, 5.74) is 3.00. The smallest absolute Gasteiger partial charge is 0.263 e. The second-order valence-electron chi connectivity index (χ2n) is 8.58. The van der Waals surface area contributed by atoms with Crippen molar-refractivity contribution in [2.45, 2.75) is 25.3 Å². The van der Waals surface area contributed by atoms with E-state index in [1.165, 1.54) is 4.31 Å². The second kappa shape index (κ2) is 9.87. The molecule has 1 aliphatic heterocycles. The number of fused-ring (bicyclic) bond motifs is 1. The fraction of sp³-hybridized carbons (Fsp3) is 0.185. The third kappa shape index (κ3) is 4.96. The third-order valence-corrected chi connectivity index (χ3v) is 7.78. The van der Waals surface area contributed by atoms with Crippen LogP contribution in [0.15, 0.2) is 91.3 Å². The van der Waals surface area contributed by atoms with E-state index in [2.05, 4.69) is 10.3 Å². The Morgan fingerprint density at radius 3 is 2.44 bits per heavy atom. The Morgan fingerprint density at radius 1 is 1.00 bits per heavy atom. The maximum atomic E-state index is 13.4. The highest BCUT2D eigenvalue weighted by Crippen LogP contribution is 2.35. The normalized spacial score (nSPS) is 15.1. The van der Waals surface area contributed by atoms with Gasteiger partial charge in [-0.3, -0.25) is 9.10 Å². The molecule has 0 unspecified atom stereocenters. The average molecular weight is 503 g/mol. The molecule has 8 nitrogen and oxygen atoms in total. The number of aryl methyl sites for hydroxylation is 1. The van der Waals surface area contributed by atoms with Crippen LogP contribution in [0.4, 0.5) is 5.69 Å². The van der Waals surface area contributed by atoms with Crippen LogP contribution in [0.25, 0.3) is 5.69 Å². The van der Waals surface area contributed by atoms with Crippen molar-refractivity contribution in [2.24, 2.45) is 0 Å². The van der Waals surface area contributed by atoms with Crippen molar-refractivity contribution in [3.05, 3.63) is 108 Å². The second-order valence-corrected chi connectivity index (χ2v) is 10.5. The van der Waals surface area contributed by atoms with Crippen LogP contribution in [-0.4, -0.2) is 36.5 Å². The summed E-state index contributed by atoms with van der Waals surface area (Å²) in [4.78, 5) is 17.3. The summed E-state index contributed by atoms with van der Waals surface area (Å²) >= 11 is 0. The van der Waals surface area contributed by atoms with Gasteiger partial charge in [0.15, 0.2) is 6.10 Å². The molecule has 1 aromatic heterocycles. The molecule has 1 aliphatic rings. The number of imidazole rings is 1. The lowest BCUT2D eigenvalue weighted by atomic mass is 10.2. The average Bonchev–Trinajstić information content (AvgIpc) is 3.33. The minimum atomic E-state index is -3.75. The number of rotatable bonds is 7. The molecule has 0 bridgehead atoms. The number of benzene rings is 3. The van der Waals surface area contributed by atoms with E-state index in [0.29, 0.717) is 23.5 Å². The van der Waals surface area contributed by atoms with Gasteiger partial charge in [0, 0.05) is 24.6 Å². The van der Waals surface area contributed by atoms with Gasteiger partial charge in [-0.25, -0.2) is 13.4 Å². The standard InChI is InChI=1S/C27H26N4O4S/c1-20-28-15-16-30(20)23-13-11-21(12-14-23)17-29-27(32)26-18-31(24-9-5-6-10-25(24)35-26)36(33,34)19-22-7-3-2-4-8-22/h2-16,26H,17-19H2,1H3,(H,29,32)/t26-/m0/s1. The van der Waals surface area contributed by atoms with E-state index in [1.54, 1.807) is 54.7 Å². The number of amides is 1. The largest absolute Gasteiger partial charge is 0.476 e. The molecular formula is C27H26N4O4S. The first-order valence-corrected chi connectivity index (χ1v) is 13.2. The lowest BCUT2D eigenvalue weighted by Crippen LogP contribution is -2.50. The molecule has 0 fully saturated rings. The first-order valence-electron chi connectivity index (χ1n) is 11.6. The minimum Gasteiger partial charge on any atom is -0.476 e. The van der Waals surface area contributed by atoms with E-state index in [1.807, 2.05) is 48.0 Å². The molecule has 1 amide bonds. The van der Waals surface area contributed by atoms with E-state index in [4.69, 9.17) is 4.74 Å². The van der Waals surface area contributed by atoms with Crippen molar-refractivity contribution in [3.63, 3.8) is 0 Å². The van der Waals surface area contributed by atoms with Gasteiger partial charge in [-0.2, -0.15) is 0 Å². The molecule has 36 heavy (non-hydrogen) atoms. The van der Waals surface area contributed by atoms with Gasteiger partial charge in [0.1, 0.15) is 11.6 Å². The van der Waals surface area contributed by atoms with Gasteiger partial charge in [-0.05, 0) is 42.3 Å². The van der Waals surface area contributed by atoms with Gasteiger partial charge in [0.05, 0.1) is 18.0 Å². The van der Waals surface area contributed by atoms with Crippen molar-refractivity contribution in [3.8, 4) is 11.4 Å². The Labute approximate surface area is 210 Å². The molecule has 3 aromatic carbocycles. The molecule has 0 aliphatic carbocycles. The number of hydrogen-bond acceptors (Lipinski definition) is 5. The summed E-state index contributed by atoms with van der Waals surface area (Å²) in [5.74, 6) is 0.705. The van der Waals surface area contributed by atoms with Gasteiger partial charge in [0.25, 0.3) is 5.91 Å². The van der Waals surface area contributed by atoms with E-state index < -0.39 is 16.1 Å². The molecule has 0 radical (unpaired) electrons. The molecule has 9 heteroatoms. The number of carbonyl (C=O) groups excluding carboxylic acids is 1. The van der Waals surface area contributed by atoms with E-state index in [9.17, 15) is 13.2 Å². The van der Waals surface area contributed by atoms with Crippen LogP contribution in [0.5, 0.6) is 5.75 Å². The molecule has 2 heterocycles. The van der Waals surface area contributed by atoms with Crippen molar-refractivity contribution >= 4 is 21.6 Å². The van der Waals surface area contributed by atoms with Crippen LogP contribution >= 0.6 is 0 Å². The Bertz CT molecular complexity index is 1470. The zero-order chi connectivity index (χ0) is 25.1. The van der Waals surface area contributed by atoms with E-state index in [-0.39, 0.29) is 18.2 Å². The summed E-state index contributed by atoms with van der Waals surface area (Å²) < 4.78 is 35.9. The van der Waals surface area contributed by atoms with Gasteiger partial charge >= 0.3 is 0 Å². The van der Waals surface area contributed by atoms with Gasteiger partial charge < -0.3 is 14.6 Å². The molecule has 0 spiro atoms. The molecule has 1 N–H and O–H groups in total. The van der Waals surface area contributed by atoms with Crippen molar-refractivity contribution < 1.29 is 17.9 Å². The number of ether oxygens (including phenoxy) is 1. The fourth-order valence-electron chi connectivity index (χ4n) is 4.19. The zero-order valence-electron chi connectivity index (χ0n) is 19.7. The van der Waals surface area contributed by atoms with Gasteiger partial charge in [-0.1, -0.05) is 54.6 Å². The quantitative estimate of drug-likeness (QED) is 0.417. The number of para-hydroxylation sites is 2. The van der Waals surface area contributed by atoms with Crippen LogP contribution in [0.3, 0.4) is 0 Å². The molecule has 0 saturated heterocycles. The lowest BCUT2D eigenvalue weighted by Gasteiger charge is -2.34. The monoisotopic (exact) mass is 502 g/mol. The maximum Gasteiger partial charge on any atom is 0.263 e. The molecule has 0 saturated carbocycles. The van der Waals surface area contributed by atoms with Crippen molar-refractivity contribution in [2.75, 3.05) is 10.8 Å². The highest BCUT2D eigenvalue weighted by molar-refractivity contribution is 7.92. The van der Waals surface area contributed by atoms with Gasteiger partial charge in [-0.15, -0.1) is 0 Å². The van der Waals surface area contributed by atoms with Gasteiger partial charge in [0.2, 0.25) is 10.0 Å². The summed E-state index contributed by atoms with van der Waals surface area (Å²) in [6.07, 6.45) is 2.66. The van der Waals surface area contributed by atoms with Crippen LogP contribution in [0.1, 0.15) is 17.0 Å². The molecular weight excluding hydrogens is 476 g/mol. The highest BCUT2D eigenvalue weighted by Gasteiger charge is 2.36. The van der Waals surface area contributed by atoms with E-state index >= 15 is 0 Å². The Balaban J connectivity index is 1.29. The number of aromatic nitrogens is 2. The predicted octanol–water partition coefficient (Wildman–Crippen LogP) is 3.59. The van der Waals surface area contributed by atoms with Crippen LogP contribution in [0, 0.1) is 6.92 Å². The first-order chi connectivity index (χ1) is 17.4. The number of hydrogen-bond donors (Lipinski definition) is 1. The molecule has 1 atom stereocenters. The minimum absolute atomic E-state index is 0.100. The maximum absolute atomic E-state index is 13.4. The van der Waals surface area contributed by atoms with Crippen LogP contribution in [0.2, 0.25) is 0 Å². The summed E-state index contributed by atoms with van der Waals surface area (Å²) in [7, 11) is -3.75. The SMILES string of the molecule is Cc1nccn1-c1ccc(CNC(=O)[C@@H]2CN(S(=O)(=O)Cc3ccccc3)c3ccccc3O2)cc1. The number of nitrogens with zero attached hydrogens (tertiary/aromatic N) is 3. The fourth-order valence-corrected chi connectivity index (χ4v) is 5.78. The Morgan fingerprint density at radius 2 is 1.72 bits per heavy atom. The topological polar surface area (TPSA) is 93.5 Å². The zero-order valence-corrected chi connectivity index (χ0v) is 20.6. The number of sulfonamides is 1. The third-order valence-electron chi connectivity index (χ3n) is 6.06. The number of carbonyl (C=O) groups is 1. The Hall–Kier alpha value is -4.11. The summed E-state index contributed by atoms with van der Waals surface area (Å²) in [6, 6.07) is 23.6. The first kappa shape index (κ1) is 23.6. The van der Waals surface area contributed by atoms with Crippen LogP contribution < -0.4 is 14.4 Å². The predicted molar refractivity (Wildman–Crippen MR) is 137 cm³/mol. The molecule has 184 valence electrons. The van der Waals surface area contributed by atoms with Crippen molar-refractivity contribution in [1.82, 2.24) is 14.9 Å². The van der Waals surface area contributed by atoms with Crippen molar-refractivity contribution in [1.29, 1.82) is 0 Å². The lowest BCUT2D eigenvalue weighted by molar-refractivity contribution is -0.127. The van der Waals surface area contributed by atoms with E-state index in [0.717, 1.165) is 17.1 Å². The molecule has 4 aromatic rings. The molecule has 5 rings (SSSR count). The van der Waals surface area contributed by atoms with Crippen LogP contribution in [-0.2, 0) is 27.1 Å². The summed E-state index contributed by atoms with van der Waals surface area (Å²) in [5, 5.41) is 2.88. The highest BCUT2D eigenvalue weighted by atomic mass is 32.2.